The van der Waals surface area contributed by atoms with Crippen molar-refractivity contribution >= 4 is 22.0 Å². The molecule has 2 rings (SSSR count). The van der Waals surface area contributed by atoms with Gasteiger partial charge in [-0.25, -0.2) is 4.79 Å². The van der Waals surface area contributed by atoms with Crippen LogP contribution in [0.1, 0.15) is 37.3 Å². The Hall–Kier alpha value is -1.28. The molecule has 0 aliphatic heterocycles. The molecule has 3 atom stereocenters. The Balaban J connectivity index is 2.09. The van der Waals surface area contributed by atoms with Gasteiger partial charge >= 0.3 is 12.3 Å². The van der Waals surface area contributed by atoms with Crippen molar-refractivity contribution in [2.45, 2.75) is 50.0 Å². The predicted molar refractivity (Wildman–Crippen MR) is 83.3 cm³/mol. The number of amides is 1. The summed E-state index contributed by atoms with van der Waals surface area (Å²) in [6, 6.07) is 3.57. The monoisotopic (exact) mass is 394 g/mol. The number of hydrogen-bond acceptors (Lipinski definition) is 2. The summed E-state index contributed by atoms with van der Waals surface area (Å²) in [5.41, 5.74) is 0.147. The zero-order chi connectivity index (χ0) is 17.0. The Morgan fingerprint density at radius 3 is 2.39 bits per heavy atom. The van der Waals surface area contributed by atoms with Crippen LogP contribution in [0.3, 0.4) is 0 Å². The molecular formula is C15H18BrF3N2O2. The van der Waals surface area contributed by atoms with E-state index in [2.05, 4.69) is 26.6 Å². The first-order valence-electron chi connectivity index (χ1n) is 7.33. The second-order valence-electron chi connectivity index (χ2n) is 5.70. The van der Waals surface area contributed by atoms with E-state index in [1.165, 1.54) is 12.1 Å². The fraction of sp³-hybridized carbons (Fsp3) is 0.533. The summed E-state index contributed by atoms with van der Waals surface area (Å²) in [6.07, 6.45) is -3.26. The van der Waals surface area contributed by atoms with E-state index in [1.807, 2.05) is 0 Å². The molecule has 1 aliphatic rings. The molecule has 128 valence electrons. The van der Waals surface area contributed by atoms with Crippen molar-refractivity contribution in [2.75, 3.05) is 0 Å². The Bertz CT molecular complexity index is 537. The largest absolute Gasteiger partial charge is 0.465 e. The summed E-state index contributed by atoms with van der Waals surface area (Å²) in [5, 5.41) is 13.8. The zero-order valence-electron chi connectivity index (χ0n) is 12.2. The molecule has 0 radical (unpaired) electrons. The summed E-state index contributed by atoms with van der Waals surface area (Å²) in [5.74, 6) is 0. The van der Waals surface area contributed by atoms with Crippen molar-refractivity contribution < 1.29 is 23.1 Å². The highest BCUT2D eigenvalue weighted by Gasteiger charge is 2.42. The minimum Gasteiger partial charge on any atom is -0.465 e. The summed E-state index contributed by atoms with van der Waals surface area (Å²) < 4.78 is 40.9. The van der Waals surface area contributed by atoms with Crippen molar-refractivity contribution in [2.24, 2.45) is 0 Å². The first-order chi connectivity index (χ1) is 10.8. The molecule has 0 spiro atoms. The van der Waals surface area contributed by atoms with E-state index in [0.29, 0.717) is 30.2 Å². The van der Waals surface area contributed by atoms with Crippen molar-refractivity contribution in [3.8, 4) is 0 Å². The smallest absolute Gasteiger partial charge is 0.407 e. The number of carboxylic acid groups (broad SMARTS) is 1. The van der Waals surface area contributed by atoms with Gasteiger partial charge in [0.05, 0.1) is 0 Å². The van der Waals surface area contributed by atoms with Crippen LogP contribution >= 0.6 is 15.9 Å². The first kappa shape index (κ1) is 18.1. The fourth-order valence-corrected chi connectivity index (χ4v) is 3.18. The van der Waals surface area contributed by atoms with Gasteiger partial charge in [-0.15, -0.1) is 0 Å². The molecule has 8 heteroatoms. The lowest BCUT2D eigenvalue weighted by atomic mass is 9.90. The van der Waals surface area contributed by atoms with Crippen LogP contribution < -0.4 is 10.6 Å². The molecule has 0 aromatic heterocycles. The number of alkyl halides is 3. The van der Waals surface area contributed by atoms with Gasteiger partial charge in [-0.1, -0.05) is 28.1 Å². The topological polar surface area (TPSA) is 61.4 Å². The first-order valence-corrected chi connectivity index (χ1v) is 8.12. The minimum absolute atomic E-state index is 0.147. The highest BCUT2D eigenvalue weighted by atomic mass is 79.9. The molecule has 0 saturated heterocycles. The zero-order valence-corrected chi connectivity index (χ0v) is 13.8. The van der Waals surface area contributed by atoms with Crippen LogP contribution in [0, 0.1) is 0 Å². The van der Waals surface area contributed by atoms with Gasteiger partial charge in [-0.3, -0.25) is 5.32 Å². The molecule has 0 bridgehead atoms. The van der Waals surface area contributed by atoms with Crippen molar-refractivity contribution in [1.29, 1.82) is 0 Å². The van der Waals surface area contributed by atoms with Crippen LogP contribution in [0.25, 0.3) is 0 Å². The van der Waals surface area contributed by atoms with E-state index < -0.39 is 18.3 Å². The van der Waals surface area contributed by atoms with Crippen LogP contribution in [0.2, 0.25) is 0 Å². The Labute approximate surface area is 140 Å². The van der Waals surface area contributed by atoms with E-state index >= 15 is 0 Å². The van der Waals surface area contributed by atoms with E-state index in [0.717, 1.165) is 0 Å². The number of benzene rings is 1. The average molecular weight is 395 g/mol. The third-order valence-corrected chi connectivity index (χ3v) is 4.46. The van der Waals surface area contributed by atoms with Gasteiger partial charge in [0, 0.05) is 16.6 Å². The number of hydrogen-bond donors (Lipinski definition) is 3. The molecule has 23 heavy (non-hydrogen) atoms. The Kier molecular flexibility index (Phi) is 5.91. The van der Waals surface area contributed by atoms with Gasteiger partial charge in [0.2, 0.25) is 0 Å². The van der Waals surface area contributed by atoms with Crippen LogP contribution in [-0.2, 0) is 0 Å². The van der Waals surface area contributed by atoms with E-state index in [1.54, 1.807) is 12.1 Å². The molecule has 1 unspecified atom stereocenters. The second kappa shape index (κ2) is 7.53. The van der Waals surface area contributed by atoms with E-state index in [9.17, 15) is 18.0 Å². The van der Waals surface area contributed by atoms with Crippen LogP contribution in [0.4, 0.5) is 18.0 Å². The third kappa shape index (κ3) is 5.39. The summed E-state index contributed by atoms with van der Waals surface area (Å²) in [7, 11) is 0. The number of carbonyl (C=O) groups is 1. The predicted octanol–water partition coefficient (Wildman–Crippen LogP) is 4.22. The van der Waals surface area contributed by atoms with E-state index in [4.69, 9.17) is 5.11 Å². The maximum atomic E-state index is 13.4. The van der Waals surface area contributed by atoms with Gasteiger partial charge in [-0.2, -0.15) is 13.2 Å². The molecule has 4 nitrogen and oxygen atoms in total. The molecule has 1 amide bonds. The maximum Gasteiger partial charge on any atom is 0.407 e. The Morgan fingerprint density at radius 1 is 1.22 bits per heavy atom. The SMILES string of the molecule is O=C(O)NC1CCC[C@H](N[C@H](c2ccc(Br)cc2)C(F)(F)F)C1. The molecule has 1 fully saturated rings. The summed E-state index contributed by atoms with van der Waals surface area (Å²) >= 11 is 3.21. The molecule has 0 heterocycles. The second-order valence-corrected chi connectivity index (χ2v) is 6.62. The van der Waals surface area contributed by atoms with Crippen LogP contribution in [0.15, 0.2) is 28.7 Å². The molecule has 1 saturated carbocycles. The van der Waals surface area contributed by atoms with Crippen molar-refractivity contribution in [3.05, 3.63) is 34.3 Å². The summed E-state index contributed by atoms with van der Waals surface area (Å²) in [4.78, 5) is 10.7. The quantitative estimate of drug-likeness (QED) is 0.716. The number of nitrogens with one attached hydrogen (secondary N) is 2. The lowest BCUT2D eigenvalue weighted by molar-refractivity contribution is -0.160. The van der Waals surface area contributed by atoms with Crippen molar-refractivity contribution in [3.63, 3.8) is 0 Å². The van der Waals surface area contributed by atoms with E-state index in [-0.39, 0.29) is 17.6 Å². The lowest BCUT2D eigenvalue weighted by Gasteiger charge is -2.33. The van der Waals surface area contributed by atoms with Gasteiger partial charge in [-0.05, 0) is 43.4 Å². The molecule has 1 aromatic rings. The highest BCUT2D eigenvalue weighted by Crippen LogP contribution is 2.35. The Morgan fingerprint density at radius 2 is 1.83 bits per heavy atom. The van der Waals surface area contributed by atoms with Gasteiger partial charge in [0.15, 0.2) is 0 Å². The molecule has 1 aromatic carbocycles. The maximum absolute atomic E-state index is 13.4. The summed E-state index contributed by atoms with van der Waals surface area (Å²) in [6.45, 7) is 0. The fourth-order valence-electron chi connectivity index (χ4n) is 2.92. The number of rotatable bonds is 4. The normalized spacial score (nSPS) is 23.3. The molecular weight excluding hydrogens is 377 g/mol. The third-order valence-electron chi connectivity index (χ3n) is 3.93. The minimum atomic E-state index is -4.42. The van der Waals surface area contributed by atoms with Gasteiger partial charge < -0.3 is 10.4 Å². The lowest BCUT2D eigenvalue weighted by Crippen LogP contribution is -2.47. The van der Waals surface area contributed by atoms with Crippen LogP contribution in [-0.4, -0.2) is 29.5 Å². The average Bonchev–Trinajstić information content (AvgIpc) is 2.44. The van der Waals surface area contributed by atoms with Crippen molar-refractivity contribution in [1.82, 2.24) is 10.6 Å². The standard InChI is InChI=1S/C15H18BrF3N2O2/c16-10-6-4-9(5-7-10)13(15(17,18)19)20-11-2-1-3-12(8-11)21-14(22)23/h4-7,11-13,20-21H,1-3,8H2,(H,22,23)/t11-,12?,13+/m0/s1. The van der Waals surface area contributed by atoms with Crippen LogP contribution in [0.5, 0.6) is 0 Å². The molecule has 1 aliphatic carbocycles. The van der Waals surface area contributed by atoms with Gasteiger partial charge in [0.1, 0.15) is 6.04 Å². The molecule has 3 N–H and O–H groups in total. The van der Waals surface area contributed by atoms with Gasteiger partial charge in [0.25, 0.3) is 0 Å². The number of halogens is 4. The highest BCUT2D eigenvalue weighted by molar-refractivity contribution is 9.10.